The number of nitrogens with two attached hydrogens (primary N) is 1. The van der Waals surface area contributed by atoms with Crippen LogP contribution in [0.4, 0.5) is 15.8 Å². The van der Waals surface area contributed by atoms with E-state index in [4.69, 9.17) is 5.73 Å². The SMILES string of the molecule is CN(CCN)c1cc(F)c(I)cc1[N+](=O)[O-]. The Labute approximate surface area is 106 Å². The van der Waals surface area contributed by atoms with Gasteiger partial charge in [0.25, 0.3) is 5.69 Å². The van der Waals surface area contributed by atoms with Crippen LogP contribution in [0.15, 0.2) is 12.1 Å². The molecule has 0 aromatic heterocycles. The van der Waals surface area contributed by atoms with Gasteiger partial charge in [-0.1, -0.05) is 0 Å². The third-order valence-corrected chi connectivity index (χ3v) is 2.92. The van der Waals surface area contributed by atoms with E-state index in [0.717, 1.165) is 6.07 Å². The van der Waals surface area contributed by atoms with Crippen LogP contribution >= 0.6 is 22.6 Å². The molecule has 16 heavy (non-hydrogen) atoms. The van der Waals surface area contributed by atoms with Crippen molar-refractivity contribution in [2.45, 2.75) is 0 Å². The number of hydrogen-bond donors (Lipinski definition) is 1. The summed E-state index contributed by atoms with van der Waals surface area (Å²) in [5, 5.41) is 10.8. The Bertz CT molecular complexity index is 414. The first-order valence-electron chi connectivity index (χ1n) is 4.52. The van der Waals surface area contributed by atoms with Crippen molar-refractivity contribution in [2.75, 3.05) is 25.0 Å². The molecule has 0 saturated heterocycles. The minimum atomic E-state index is -0.524. The number of hydrogen-bond acceptors (Lipinski definition) is 4. The van der Waals surface area contributed by atoms with Crippen molar-refractivity contribution in [3.05, 3.63) is 31.6 Å². The van der Waals surface area contributed by atoms with Crippen molar-refractivity contribution in [2.24, 2.45) is 5.73 Å². The average Bonchev–Trinajstić information content (AvgIpc) is 2.21. The second-order valence-electron chi connectivity index (χ2n) is 3.22. The van der Waals surface area contributed by atoms with Crippen molar-refractivity contribution in [1.29, 1.82) is 0 Å². The van der Waals surface area contributed by atoms with Crippen molar-refractivity contribution in [1.82, 2.24) is 0 Å². The Morgan fingerprint density at radius 1 is 1.62 bits per heavy atom. The summed E-state index contributed by atoms with van der Waals surface area (Å²) in [4.78, 5) is 11.9. The zero-order valence-corrected chi connectivity index (χ0v) is 10.8. The molecule has 0 saturated carbocycles. The molecule has 0 amide bonds. The maximum Gasteiger partial charge on any atom is 0.293 e. The Morgan fingerprint density at radius 3 is 2.75 bits per heavy atom. The maximum atomic E-state index is 13.3. The first kappa shape index (κ1) is 13.1. The molecule has 0 fully saturated rings. The van der Waals surface area contributed by atoms with E-state index < -0.39 is 10.7 Å². The minimum absolute atomic E-state index is 0.109. The molecule has 0 aliphatic heterocycles. The van der Waals surface area contributed by atoms with Crippen molar-refractivity contribution >= 4 is 34.0 Å². The molecule has 0 unspecified atom stereocenters. The molecule has 0 aliphatic rings. The van der Waals surface area contributed by atoms with Gasteiger partial charge >= 0.3 is 0 Å². The van der Waals surface area contributed by atoms with Gasteiger partial charge in [-0.3, -0.25) is 10.1 Å². The van der Waals surface area contributed by atoms with Crippen LogP contribution in [-0.2, 0) is 0 Å². The molecule has 0 atom stereocenters. The lowest BCUT2D eigenvalue weighted by Crippen LogP contribution is -2.25. The highest BCUT2D eigenvalue weighted by Gasteiger charge is 2.19. The van der Waals surface area contributed by atoms with E-state index in [0.29, 0.717) is 13.1 Å². The van der Waals surface area contributed by atoms with E-state index in [2.05, 4.69) is 0 Å². The van der Waals surface area contributed by atoms with E-state index in [1.54, 1.807) is 34.5 Å². The van der Waals surface area contributed by atoms with Crippen LogP contribution in [0.2, 0.25) is 0 Å². The highest BCUT2D eigenvalue weighted by atomic mass is 127. The van der Waals surface area contributed by atoms with Crippen LogP contribution in [-0.4, -0.2) is 25.1 Å². The van der Waals surface area contributed by atoms with E-state index in [-0.39, 0.29) is 14.9 Å². The summed E-state index contributed by atoms with van der Waals surface area (Å²) in [6.45, 7) is 0.780. The molecular formula is C9H11FIN3O2. The van der Waals surface area contributed by atoms with Gasteiger partial charge in [0.1, 0.15) is 11.5 Å². The second-order valence-corrected chi connectivity index (χ2v) is 4.38. The van der Waals surface area contributed by atoms with Crippen LogP contribution in [0.3, 0.4) is 0 Å². The summed E-state index contributed by atoms with van der Waals surface area (Å²) in [5.41, 5.74) is 5.49. The molecule has 1 rings (SSSR count). The smallest absolute Gasteiger partial charge is 0.293 e. The Morgan fingerprint density at radius 2 is 2.25 bits per heavy atom. The van der Waals surface area contributed by atoms with Gasteiger partial charge in [-0.25, -0.2) is 4.39 Å². The first-order chi connectivity index (χ1) is 7.47. The van der Waals surface area contributed by atoms with Gasteiger partial charge < -0.3 is 10.6 Å². The van der Waals surface area contributed by atoms with E-state index in [1.807, 2.05) is 0 Å². The zero-order chi connectivity index (χ0) is 12.3. The van der Waals surface area contributed by atoms with Crippen molar-refractivity contribution in [3.8, 4) is 0 Å². The van der Waals surface area contributed by atoms with Crippen LogP contribution in [0.25, 0.3) is 0 Å². The number of rotatable bonds is 4. The molecule has 88 valence electrons. The average molecular weight is 339 g/mol. The summed E-state index contributed by atoms with van der Waals surface area (Å²) < 4.78 is 13.6. The number of benzene rings is 1. The largest absolute Gasteiger partial charge is 0.368 e. The van der Waals surface area contributed by atoms with Crippen molar-refractivity contribution < 1.29 is 9.31 Å². The third-order valence-electron chi connectivity index (χ3n) is 2.09. The molecule has 0 bridgehead atoms. The summed E-state index contributed by atoms with van der Waals surface area (Å²) in [6.07, 6.45) is 0. The van der Waals surface area contributed by atoms with Gasteiger partial charge in [0.05, 0.1) is 8.49 Å². The highest BCUT2D eigenvalue weighted by molar-refractivity contribution is 14.1. The standard InChI is InChI=1S/C9H11FIN3O2/c1-13(3-2-12)8-4-6(10)7(11)5-9(8)14(15)16/h4-5H,2-3,12H2,1H3. The van der Waals surface area contributed by atoms with Crippen molar-refractivity contribution in [3.63, 3.8) is 0 Å². The van der Waals surface area contributed by atoms with Crippen LogP contribution in [0.5, 0.6) is 0 Å². The number of anilines is 1. The van der Waals surface area contributed by atoms with Gasteiger partial charge in [-0.05, 0) is 22.6 Å². The monoisotopic (exact) mass is 339 g/mol. The highest BCUT2D eigenvalue weighted by Crippen LogP contribution is 2.30. The molecule has 1 aromatic carbocycles. The summed E-state index contributed by atoms with van der Waals surface area (Å²) in [7, 11) is 1.64. The quantitative estimate of drug-likeness (QED) is 0.515. The maximum absolute atomic E-state index is 13.3. The normalized spacial score (nSPS) is 10.2. The molecule has 0 radical (unpaired) electrons. The lowest BCUT2D eigenvalue weighted by molar-refractivity contribution is -0.384. The molecule has 0 heterocycles. The van der Waals surface area contributed by atoms with E-state index >= 15 is 0 Å². The van der Waals surface area contributed by atoms with E-state index in [9.17, 15) is 14.5 Å². The summed E-state index contributed by atoms with van der Waals surface area (Å²) in [6, 6.07) is 2.38. The fraction of sp³-hybridized carbons (Fsp3) is 0.333. The summed E-state index contributed by atoms with van der Waals surface area (Å²) in [5.74, 6) is -0.468. The fourth-order valence-corrected chi connectivity index (χ4v) is 1.74. The van der Waals surface area contributed by atoms with Gasteiger partial charge in [-0.2, -0.15) is 0 Å². The first-order valence-corrected chi connectivity index (χ1v) is 5.60. The Hall–Kier alpha value is -0.960. The number of nitrogens with zero attached hydrogens (tertiary/aromatic N) is 2. The predicted octanol–water partition coefficient (Wildman–Crippen LogP) is 1.73. The van der Waals surface area contributed by atoms with Gasteiger partial charge in [0.2, 0.25) is 0 Å². The third kappa shape index (κ3) is 2.79. The lowest BCUT2D eigenvalue weighted by atomic mass is 10.2. The van der Waals surface area contributed by atoms with Crippen LogP contribution < -0.4 is 10.6 Å². The number of halogens is 2. The molecule has 0 spiro atoms. The fourth-order valence-electron chi connectivity index (χ4n) is 1.29. The second kappa shape index (κ2) is 5.39. The Balaban J connectivity index is 3.24. The molecule has 0 aliphatic carbocycles. The van der Waals surface area contributed by atoms with Gasteiger partial charge in [0, 0.05) is 32.3 Å². The topological polar surface area (TPSA) is 72.4 Å². The molecule has 5 nitrogen and oxygen atoms in total. The van der Waals surface area contributed by atoms with Crippen LogP contribution in [0, 0.1) is 19.5 Å². The minimum Gasteiger partial charge on any atom is -0.368 e. The number of nitro groups is 1. The predicted molar refractivity (Wildman–Crippen MR) is 68.1 cm³/mol. The molecule has 7 heteroatoms. The molecule has 1 aromatic rings. The van der Waals surface area contributed by atoms with Gasteiger partial charge in [-0.15, -0.1) is 0 Å². The molecule has 2 N–H and O–H groups in total. The lowest BCUT2D eigenvalue weighted by Gasteiger charge is -2.18. The van der Waals surface area contributed by atoms with E-state index in [1.165, 1.54) is 6.07 Å². The van der Waals surface area contributed by atoms with Gasteiger partial charge in [0.15, 0.2) is 0 Å². The molecular weight excluding hydrogens is 328 g/mol. The Kier molecular flexibility index (Phi) is 4.42. The zero-order valence-electron chi connectivity index (χ0n) is 8.61. The van der Waals surface area contributed by atoms with Crippen LogP contribution in [0.1, 0.15) is 0 Å². The summed E-state index contributed by atoms with van der Waals surface area (Å²) >= 11 is 1.72. The number of nitro benzene ring substituents is 1. The number of likely N-dealkylation sites (N-methyl/N-ethyl adjacent to an activating group) is 1.